The number of hydrogen-bond donors (Lipinski definition) is 0. The zero-order valence-electron chi connectivity index (χ0n) is 6.45. The minimum absolute atomic E-state index is 0.599. The number of rotatable bonds is 0. The molecule has 58 valence electrons. The van der Waals surface area contributed by atoms with E-state index in [1.54, 1.807) is 12.1 Å². The van der Waals surface area contributed by atoms with Crippen LogP contribution in [0.15, 0.2) is 24.3 Å². The summed E-state index contributed by atoms with van der Waals surface area (Å²) in [5.74, 6) is 0.802. The van der Waals surface area contributed by atoms with Crippen molar-refractivity contribution in [2.75, 3.05) is 6.61 Å². The molecule has 0 amide bonds. The Morgan fingerprint density at radius 2 is 2.33 bits per heavy atom. The van der Waals surface area contributed by atoms with Crippen LogP contribution < -0.4 is 4.74 Å². The van der Waals surface area contributed by atoms with Gasteiger partial charge >= 0.3 is 0 Å². The van der Waals surface area contributed by atoms with Crippen LogP contribution in [0.1, 0.15) is 11.1 Å². The molecule has 0 aromatic heterocycles. The van der Waals surface area contributed by atoms with Crippen LogP contribution in [0.2, 0.25) is 0 Å². The summed E-state index contributed by atoms with van der Waals surface area (Å²) in [4.78, 5) is 0. The molecule has 0 unspecified atom stereocenters. The monoisotopic (exact) mass is 157 g/mol. The normalized spacial score (nSPS) is 12.9. The van der Waals surface area contributed by atoms with Crippen molar-refractivity contribution in [2.45, 2.75) is 0 Å². The predicted molar refractivity (Wildman–Crippen MR) is 45.7 cm³/mol. The molecule has 1 aromatic carbocycles. The van der Waals surface area contributed by atoms with Crippen LogP contribution in [0.25, 0.3) is 6.08 Å². The van der Waals surface area contributed by atoms with Gasteiger partial charge in [0.1, 0.15) is 12.4 Å². The van der Waals surface area contributed by atoms with E-state index in [2.05, 4.69) is 6.07 Å². The second kappa shape index (κ2) is 2.71. The van der Waals surface area contributed by atoms with Gasteiger partial charge in [-0.3, -0.25) is 0 Å². The smallest absolute Gasteiger partial charge is 0.128 e. The molecular weight excluding hydrogens is 150 g/mol. The molecule has 0 saturated heterocycles. The van der Waals surface area contributed by atoms with E-state index in [0.29, 0.717) is 12.2 Å². The third-order valence-corrected chi connectivity index (χ3v) is 1.78. The van der Waals surface area contributed by atoms with E-state index < -0.39 is 0 Å². The summed E-state index contributed by atoms with van der Waals surface area (Å²) in [7, 11) is 0. The number of nitriles is 1. The Bertz CT molecular complexity index is 374. The van der Waals surface area contributed by atoms with E-state index in [-0.39, 0.29) is 0 Å². The Balaban J connectivity index is 2.53. The lowest BCUT2D eigenvalue weighted by atomic mass is 10.1. The van der Waals surface area contributed by atoms with Gasteiger partial charge in [-0.2, -0.15) is 5.26 Å². The average molecular weight is 157 g/mol. The van der Waals surface area contributed by atoms with Crippen LogP contribution in [0.5, 0.6) is 5.75 Å². The minimum Gasteiger partial charge on any atom is -0.489 e. The van der Waals surface area contributed by atoms with Crippen LogP contribution in [0.4, 0.5) is 0 Å². The lowest BCUT2D eigenvalue weighted by Gasteiger charge is -2.11. The molecule has 0 fully saturated rings. The van der Waals surface area contributed by atoms with Crippen molar-refractivity contribution in [3.63, 3.8) is 0 Å². The highest BCUT2D eigenvalue weighted by atomic mass is 16.5. The van der Waals surface area contributed by atoms with Crippen LogP contribution in [-0.4, -0.2) is 6.61 Å². The van der Waals surface area contributed by atoms with E-state index in [0.717, 1.165) is 11.3 Å². The van der Waals surface area contributed by atoms with E-state index in [9.17, 15) is 0 Å². The Kier molecular flexibility index (Phi) is 1.56. The number of benzene rings is 1. The molecule has 0 radical (unpaired) electrons. The fourth-order valence-corrected chi connectivity index (χ4v) is 1.18. The van der Waals surface area contributed by atoms with Crippen molar-refractivity contribution in [3.05, 3.63) is 35.4 Å². The van der Waals surface area contributed by atoms with Gasteiger partial charge < -0.3 is 4.74 Å². The zero-order valence-corrected chi connectivity index (χ0v) is 6.45. The zero-order chi connectivity index (χ0) is 8.39. The maximum Gasteiger partial charge on any atom is 0.128 e. The first-order valence-electron chi connectivity index (χ1n) is 3.73. The number of ether oxygens (including phenoxy) is 1. The third kappa shape index (κ3) is 1.06. The van der Waals surface area contributed by atoms with Crippen LogP contribution >= 0.6 is 0 Å². The van der Waals surface area contributed by atoms with Crippen molar-refractivity contribution in [2.24, 2.45) is 0 Å². The topological polar surface area (TPSA) is 33.0 Å². The van der Waals surface area contributed by atoms with Gasteiger partial charge in [0, 0.05) is 5.56 Å². The van der Waals surface area contributed by atoms with Gasteiger partial charge in [-0.25, -0.2) is 0 Å². The lowest BCUT2D eigenvalue weighted by Crippen LogP contribution is -1.99. The average Bonchev–Trinajstić information content (AvgIpc) is 2.17. The molecule has 12 heavy (non-hydrogen) atoms. The first kappa shape index (κ1) is 6.93. The maximum absolute atomic E-state index is 8.62. The third-order valence-electron chi connectivity index (χ3n) is 1.78. The largest absolute Gasteiger partial charge is 0.489 e. The number of fused-ring (bicyclic) bond motifs is 1. The Hall–Kier alpha value is -1.75. The highest BCUT2D eigenvalue weighted by molar-refractivity contribution is 5.61. The van der Waals surface area contributed by atoms with Gasteiger partial charge in [0.2, 0.25) is 0 Å². The van der Waals surface area contributed by atoms with Crippen molar-refractivity contribution in [3.8, 4) is 11.8 Å². The van der Waals surface area contributed by atoms with Gasteiger partial charge in [0.25, 0.3) is 0 Å². The highest BCUT2D eigenvalue weighted by Crippen LogP contribution is 2.24. The van der Waals surface area contributed by atoms with E-state index in [1.807, 2.05) is 18.2 Å². The van der Waals surface area contributed by atoms with Crippen molar-refractivity contribution in [1.82, 2.24) is 0 Å². The molecule has 0 N–H and O–H groups in total. The number of hydrogen-bond acceptors (Lipinski definition) is 2. The first-order chi connectivity index (χ1) is 5.90. The molecule has 1 aromatic rings. The number of nitrogens with zero attached hydrogens (tertiary/aromatic N) is 1. The SMILES string of the molecule is N#Cc1ccc2c(c1)OCC=C2. The lowest BCUT2D eigenvalue weighted by molar-refractivity contribution is 0.358. The molecule has 1 aliphatic heterocycles. The van der Waals surface area contributed by atoms with Crippen molar-refractivity contribution in [1.29, 1.82) is 5.26 Å². The van der Waals surface area contributed by atoms with Gasteiger partial charge in [0.05, 0.1) is 11.6 Å². The molecule has 0 aliphatic carbocycles. The van der Waals surface area contributed by atoms with Gasteiger partial charge in [-0.05, 0) is 24.3 Å². The summed E-state index contributed by atoms with van der Waals surface area (Å²) < 4.78 is 5.33. The van der Waals surface area contributed by atoms with Crippen molar-refractivity contribution >= 4 is 6.08 Å². The van der Waals surface area contributed by atoms with Crippen LogP contribution in [-0.2, 0) is 0 Å². The Morgan fingerprint density at radius 1 is 1.42 bits per heavy atom. The van der Waals surface area contributed by atoms with E-state index in [1.165, 1.54) is 0 Å². The molecule has 0 bridgehead atoms. The molecule has 0 spiro atoms. The van der Waals surface area contributed by atoms with Gasteiger partial charge in [-0.15, -0.1) is 0 Å². The highest BCUT2D eigenvalue weighted by Gasteiger charge is 2.04. The summed E-state index contributed by atoms with van der Waals surface area (Å²) in [5, 5.41) is 8.62. The Morgan fingerprint density at radius 3 is 3.17 bits per heavy atom. The molecule has 2 rings (SSSR count). The second-order valence-electron chi connectivity index (χ2n) is 2.58. The molecule has 1 heterocycles. The Labute approximate surface area is 70.7 Å². The summed E-state index contributed by atoms with van der Waals surface area (Å²) in [6, 6.07) is 7.52. The van der Waals surface area contributed by atoms with Gasteiger partial charge in [-0.1, -0.05) is 6.08 Å². The van der Waals surface area contributed by atoms with Crippen molar-refractivity contribution < 1.29 is 4.74 Å². The van der Waals surface area contributed by atoms with Crippen LogP contribution in [0, 0.1) is 11.3 Å². The fourth-order valence-electron chi connectivity index (χ4n) is 1.18. The first-order valence-corrected chi connectivity index (χ1v) is 3.73. The minimum atomic E-state index is 0.599. The molecule has 2 nitrogen and oxygen atoms in total. The summed E-state index contributed by atoms with van der Waals surface area (Å²) in [5.41, 5.74) is 1.68. The molecule has 2 heteroatoms. The van der Waals surface area contributed by atoms with E-state index >= 15 is 0 Å². The standard InChI is InChI=1S/C10H7NO/c11-7-8-3-4-9-2-1-5-12-10(9)6-8/h1-4,6H,5H2. The quantitative estimate of drug-likeness (QED) is 0.576. The molecule has 0 saturated carbocycles. The maximum atomic E-state index is 8.62. The summed E-state index contributed by atoms with van der Waals surface area (Å²) >= 11 is 0. The second-order valence-corrected chi connectivity index (χ2v) is 2.58. The fraction of sp³-hybridized carbons (Fsp3) is 0.100. The van der Waals surface area contributed by atoms with Crippen LogP contribution in [0.3, 0.4) is 0 Å². The van der Waals surface area contributed by atoms with E-state index in [4.69, 9.17) is 10.00 Å². The summed E-state index contributed by atoms with van der Waals surface area (Å²) in [6.07, 6.45) is 3.95. The van der Waals surface area contributed by atoms with Gasteiger partial charge in [0.15, 0.2) is 0 Å². The summed E-state index contributed by atoms with van der Waals surface area (Å²) in [6.45, 7) is 0.599. The predicted octanol–water partition coefficient (Wildman–Crippen LogP) is 1.96. The molecular formula is C10H7NO. The molecule has 1 aliphatic rings. The molecule has 0 atom stereocenters.